The second kappa shape index (κ2) is 9.36. The summed E-state index contributed by atoms with van der Waals surface area (Å²) in [5, 5.41) is 2.85. The van der Waals surface area contributed by atoms with Crippen molar-refractivity contribution in [3.8, 4) is 0 Å². The van der Waals surface area contributed by atoms with E-state index < -0.39 is 33.2 Å². The summed E-state index contributed by atoms with van der Waals surface area (Å²) in [5.41, 5.74) is -0.232. The third-order valence-corrected chi connectivity index (χ3v) is 6.81. The fourth-order valence-electron chi connectivity index (χ4n) is 3.87. The summed E-state index contributed by atoms with van der Waals surface area (Å²) < 4.78 is 43.5. The van der Waals surface area contributed by atoms with Crippen LogP contribution in [0.1, 0.15) is 25.3 Å². The van der Waals surface area contributed by atoms with E-state index in [1.165, 1.54) is 41.2 Å². The molecule has 1 aliphatic heterocycles. The van der Waals surface area contributed by atoms with Crippen LogP contribution < -0.4 is 10.9 Å². The zero-order valence-electron chi connectivity index (χ0n) is 17.9. The highest BCUT2D eigenvalue weighted by atomic mass is 32.2. The molecule has 0 spiro atoms. The summed E-state index contributed by atoms with van der Waals surface area (Å²) in [6, 6.07) is 5.72. The third kappa shape index (κ3) is 5.25. The van der Waals surface area contributed by atoms with Crippen LogP contribution in [0.15, 0.2) is 52.5 Å². The van der Waals surface area contributed by atoms with E-state index in [1.807, 2.05) is 0 Å². The Morgan fingerprint density at radius 3 is 2.67 bits per heavy atom. The maximum atomic E-state index is 13.3. The molecule has 1 amide bonds. The molecule has 1 atom stereocenters. The Kier molecular flexibility index (Phi) is 6.52. The van der Waals surface area contributed by atoms with Crippen LogP contribution in [-0.4, -0.2) is 48.3 Å². The fraction of sp³-hybridized carbons (Fsp3) is 0.364. The molecule has 33 heavy (non-hydrogen) atoms. The smallest absolute Gasteiger partial charge is 0.261 e. The molecular weight excluding hydrogens is 451 g/mol. The first-order chi connectivity index (χ1) is 15.7. The molecule has 0 bridgehead atoms. The van der Waals surface area contributed by atoms with Crippen molar-refractivity contribution < 1.29 is 22.3 Å². The van der Waals surface area contributed by atoms with E-state index in [4.69, 9.17) is 4.74 Å². The molecule has 1 N–H and O–H groups in total. The van der Waals surface area contributed by atoms with Gasteiger partial charge in [-0.2, -0.15) is 0 Å². The number of fused-ring (bicyclic) bond motifs is 1. The Bertz CT molecular complexity index is 1340. The number of sulfone groups is 1. The number of amides is 1. The molecule has 1 saturated heterocycles. The number of benzene rings is 1. The van der Waals surface area contributed by atoms with Gasteiger partial charge in [-0.3, -0.25) is 14.2 Å². The van der Waals surface area contributed by atoms with Crippen LogP contribution in [0.5, 0.6) is 0 Å². The highest BCUT2D eigenvalue weighted by Crippen LogP contribution is 2.27. The second-order valence-electron chi connectivity index (χ2n) is 8.07. The molecule has 2 aromatic heterocycles. The first kappa shape index (κ1) is 23.0. The molecule has 11 heteroatoms. The van der Waals surface area contributed by atoms with Gasteiger partial charge >= 0.3 is 0 Å². The van der Waals surface area contributed by atoms with Crippen LogP contribution in [-0.2, 0) is 19.4 Å². The van der Waals surface area contributed by atoms with Gasteiger partial charge in [0.2, 0.25) is 5.91 Å². The van der Waals surface area contributed by atoms with Crippen molar-refractivity contribution in [2.75, 3.05) is 24.8 Å². The maximum Gasteiger partial charge on any atom is 0.261 e. The van der Waals surface area contributed by atoms with Crippen molar-refractivity contribution >= 4 is 32.5 Å². The SMILES string of the molecule is CS(=O)(=O)c1ccc2c(=O)n(C(CC3CCOCC3)C(=O)Nc3ccc(F)cn3)cnc2c1. The number of carbonyl (C=O) groups excluding carboxylic acids is 1. The number of carbonyl (C=O) groups is 1. The van der Waals surface area contributed by atoms with Gasteiger partial charge in [0.15, 0.2) is 9.84 Å². The highest BCUT2D eigenvalue weighted by molar-refractivity contribution is 7.90. The van der Waals surface area contributed by atoms with Gasteiger partial charge in [-0.1, -0.05) is 0 Å². The number of ether oxygens (including phenoxy) is 1. The monoisotopic (exact) mass is 474 g/mol. The molecule has 1 aliphatic rings. The van der Waals surface area contributed by atoms with Gasteiger partial charge < -0.3 is 10.1 Å². The summed E-state index contributed by atoms with van der Waals surface area (Å²) in [6.45, 7) is 1.16. The molecule has 1 unspecified atom stereocenters. The van der Waals surface area contributed by atoms with E-state index in [2.05, 4.69) is 15.3 Å². The van der Waals surface area contributed by atoms with Gasteiger partial charge in [0.05, 0.1) is 28.3 Å². The van der Waals surface area contributed by atoms with E-state index in [0.29, 0.717) is 19.6 Å². The average molecular weight is 475 g/mol. The van der Waals surface area contributed by atoms with Gasteiger partial charge in [-0.15, -0.1) is 0 Å². The predicted octanol–water partition coefficient (Wildman–Crippen LogP) is 2.33. The second-order valence-corrected chi connectivity index (χ2v) is 10.1. The Balaban J connectivity index is 1.71. The largest absolute Gasteiger partial charge is 0.381 e. The quantitative estimate of drug-likeness (QED) is 0.582. The van der Waals surface area contributed by atoms with E-state index >= 15 is 0 Å². The number of hydrogen-bond donors (Lipinski definition) is 1. The molecule has 0 saturated carbocycles. The van der Waals surface area contributed by atoms with Gasteiger partial charge in [-0.25, -0.2) is 22.8 Å². The van der Waals surface area contributed by atoms with Crippen LogP contribution in [0, 0.1) is 11.7 Å². The van der Waals surface area contributed by atoms with Crippen LogP contribution in [0.2, 0.25) is 0 Å². The lowest BCUT2D eigenvalue weighted by Crippen LogP contribution is -2.36. The molecule has 0 aliphatic carbocycles. The van der Waals surface area contributed by atoms with E-state index in [-0.39, 0.29) is 27.5 Å². The minimum atomic E-state index is -3.46. The zero-order chi connectivity index (χ0) is 23.6. The number of rotatable bonds is 6. The summed E-state index contributed by atoms with van der Waals surface area (Å²) in [5.74, 6) is -0.685. The van der Waals surface area contributed by atoms with E-state index in [0.717, 1.165) is 25.3 Å². The van der Waals surface area contributed by atoms with Gasteiger partial charge in [0.1, 0.15) is 17.7 Å². The number of hydrogen-bond acceptors (Lipinski definition) is 7. The van der Waals surface area contributed by atoms with Crippen LogP contribution >= 0.6 is 0 Å². The molecule has 4 rings (SSSR count). The summed E-state index contributed by atoms with van der Waals surface area (Å²) in [4.78, 5) is 34.7. The lowest BCUT2D eigenvalue weighted by atomic mass is 9.92. The molecule has 0 radical (unpaired) electrons. The lowest BCUT2D eigenvalue weighted by molar-refractivity contribution is -0.120. The predicted molar refractivity (Wildman–Crippen MR) is 119 cm³/mol. The van der Waals surface area contributed by atoms with Crippen molar-refractivity contribution in [1.29, 1.82) is 0 Å². The number of aromatic nitrogens is 3. The minimum absolute atomic E-state index is 0.0542. The molecule has 1 aromatic carbocycles. The van der Waals surface area contributed by atoms with Crippen molar-refractivity contribution in [3.63, 3.8) is 0 Å². The van der Waals surface area contributed by atoms with E-state index in [9.17, 15) is 22.4 Å². The van der Waals surface area contributed by atoms with Crippen molar-refractivity contribution in [3.05, 3.63) is 59.0 Å². The Morgan fingerprint density at radius 1 is 1.24 bits per heavy atom. The highest BCUT2D eigenvalue weighted by Gasteiger charge is 2.28. The Labute approximate surface area is 189 Å². The topological polar surface area (TPSA) is 120 Å². The number of halogens is 1. The van der Waals surface area contributed by atoms with Gasteiger partial charge in [0, 0.05) is 19.5 Å². The molecule has 1 fully saturated rings. The Hall–Kier alpha value is -3.18. The molecule has 3 heterocycles. The summed E-state index contributed by atoms with van der Waals surface area (Å²) in [6.07, 6.45) is 5.22. The van der Waals surface area contributed by atoms with Crippen LogP contribution in [0.3, 0.4) is 0 Å². The van der Waals surface area contributed by atoms with E-state index in [1.54, 1.807) is 0 Å². The standard InChI is InChI=1S/C22H23FN4O5S/c1-33(30,31)16-3-4-17-18(11-16)25-13-27(22(17)29)19(10-14-6-8-32-9-7-14)21(28)26-20-5-2-15(23)12-24-20/h2-5,11-14,19H,6-10H2,1H3,(H,24,26,28). The zero-order valence-corrected chi connectivity index (χ0v) is 18.7. The summed E-state index contributed by atoms with van der Waals surface area (Å²) in [7, 11) is -3.46. The van der Waals surface area contributed by atoms with Crippen molar-refractivity contribution in [1.82, 2.24) is 14.5 Å². The number of nitrogens with one attached hydrogen (secondary N) is 1. The third-order valence-electron chi connectivity index (χ3n) is 5.70. The molecule has 3 aromatic rings. The van der Waals surface area contributed by atoms with Crippen molar-refractivity contribution in [2.45, 2.75) is 30.2 Å². The average Bonchev–Trinajstić information content (AvgIpc) is 2.79. The normalized spacial score (nSPS) is 15.9. The molecule has 174 valence electrons. The fourth-order valence-corrected chi connectivity index (χ4v) is 4.51. The van der Waals surface area contributed by atoms with Crippen LogP contribution in [0.25, 0.3) is 10.9 Å². The maximum absolute atomic E-state index is 13.3. The van der Waals surface area contributed by atoms with Gasteiger partial charge in [0.25, 0.3) is 5.56 Å². The number of nitrogens with zero attached hydrogens (tertiary/aromatic N) is 3. The first-order valence-electron chi connectivity index (χ1n) is 10.4. The summed E-state index contributed by atoms with van der Waals surface area (Å²) >= 11 is 0. The Morgan fingerprint density at radius 2 is 2.00 bits per heavy atom. The number of anilines is 1. The lowest BCUT2D eigenvalue weighted by Gasteiger charge is -2.27. The number of pyridine rings is 1. The first-order valence-corrected chi connectivity index (χ1v) is 12.3. The van der Waals surface area contributed by atoms with Gasteiger partial charge in [-0.05, 0) is 55.5 Å². The minimum Gasteiger partial charge on any atom is -0.381 e. The van der Waals surface area contributed by atoms with Crippen molar-refractivity contribution in [2.24, 2.45) is 5.92 Å². The van der Waals surface area contributed by atoms with Crippen LogP contribution in [0.4, 0.5) is 10.2 Å². The molecular formula is C22H23FN4O5S. The molecule has 9 nitrogen and oxygen atoms in total.